The average molecular weight is 291 g/mol. The summed E-state index contributed by atoms with van der Waals surface area (Å²) >= 11 is 0. The SMILES string of the molecule is Cn1cnnc1CC1CCCN(C(=O)NC2CCCC2)C1. The molecule has 2 aliphatic rings. The molecule has 2 heterocycles. The van der Waals surface area contributed by atoms with Crippen LogP contribution in [0.1, 0.15) is 44.3 Å². The second-order valence-corrected chi connectivity index (χ2v) is 6.45. The molecule has 1 N–H and O–H groups in total. The first kappa shape index (κ1) is 14.4. The van der Waals surface area contributed by atoms with Gasteiger partial charge in [0.2, 0.25) is 0 Å². The van der Waals surface area contributed by atoms with Crippen molar-refractivity contribution in [2.45, 2.75) is 51.0 Å². The smallest absolute Gasteiger partial charge is 0.317 e. The summed E-state index contributed by atoms with van der Waals surface area (Å²) in [5, 5.41) is 11.3. The molecule has 1 aliphatic carbocycles. The molecule has 6 heteroatoms. The topological polar surface area (TPSA) is 63.1 Å². The summed E-state index contributed by atoms with van der Waals surface area (Å²) in [5.41, 5.74) is 0. The van der Waals surface area contributed by atoms with Crippen molar-refractivity contribution in [1.29, 1.82) is 0 Å². The molecule has 1 aliphatic heterocycles. The van der Waals surface area contributed by atoms with Crippen LogP contribution in [-0.2, 0) is 13.5 Å². The number of nitrogens with one attached hydrogen (secondary N) is 1. The molecule has 1 atom stereocenters. The van der Waals surface area contributed by atoms with E-state index in [1.165, 1.54) is 19.3 Å². The Morgan fingerprint density at radius 1 is 1.33 bits per heavy atom. The fraction of sp³-hybridized carbons (Fsp3) is 0.800. The number of aryl methyl sites for hydroxylation is 1. The van der Waals surface area contributed by atoms with Crippen LogP contribution in [0.25, 0.3) is 0 Å². The lowest BCUT2D eigenvalue weighted by atomic mass is 9.94. The molecule has 116 valence electrons. The second kappa shape index (κ2) is 6.45. The lowest BCUT2D eigenvalue weighted by Gasteiger charge is -2.33. The minimum Gasteiger partial charge on any atom is -0.335 e. The average Bonchev–Trinajstić information content (AvgIpc) is 3.12. The summed E-state index contributed by atoms with van der Waals surface area (Å²) in [7, 11) is 1.97. The minimum atomic E-state index is 0.129. The lowest BCUT2D eigenvalue weighted by Crippen LogP contribution is -2.48. The number of aromatic nitrogens is 3. The fourth-order valence-electron chi connectivity index (χ4n) is 3.50. The van der Waals surface area contributed by atoms with Crippen molar-refractivity contribution in [1.82, 2.24) is 25.0 Å². The molecule has 2 amide bonds. The van der Waals surface area contributed by atoms with Crippen LogP contribution >= 0.6 is 0 Å². The third kappa shape index (κ3) is 3.54. The Labute approximate surface area is 125 Å². The molecule has 21 heavy (non-hydrogen) atoms. The van der Waals surface area contributed by atoms with E-state index in [2.05, 4.69) is 15.5 Å². The van der Waals surface area contributed by atoms with Crippen molar-refractivity contribution in [3.63, 3.8) is 0 Å². The highest BCUT2D eigenvalue weighted by Crippen LogP contribution is 2.21. The van der Waals surface area contributed by atoms with Crippen molar-refractivity contribution < 1.29 is 4.79 Å². The summed E-state index contributed by atoms with van der Waals surface area (Å²) in [6.45, 7) is 1.72. The zero-order valence-corrected chi connectivity index (χ0v) is 12.8. The number of nitrogens with zero attached hydrogens (tertiary/aromatic N) is 4. The van der Waals surface area contributed by atoms with Crippen LogP contribution in [0.5, 0.6) is 0 Å². The van der Waals surface area contributed by atoms with Crippen LogP contribution in [0, 0.1) is 5.92 Å². The highest BCUT2D eigenvalue weighted by Gasteiger charge is 2.26. The van der Waals surface area contributed by atoms with E-state index < -0.39 is 0 Å². The molecule has 1 unspecified atom stereocenters. The Morgan fingerprint density at radius 3 is 2.86 bits per heavy atom. The van der Waals surface area contributed by atoms with Gasteiger partial charge in [-0.3, -0.25) is 0 Å². The number of carbonyl (C=O) groups excluding carboxylic acids is 1. The largest absolute Gasteiger partial charge is 0.335 e. The number of hydrogen-bond donors (Lipinski definition) is 1. The normalized spacial score (nSPS) is 23.5. The first-order chi connectivity index (χ1) is 10.2. The van der Waals surface area contributed by atoms with E-state index in [0.29, 0.717) is 12.0 Å². The Morgan fingerprint density at radius 2 is 2.14 bits per heavy atom. The highest BCUT2D eigenvalue weighted by molar-refractivity contribution is 5.74. The number of hydrogen-bond acceptors (Lipinski definition) is 3. The van der Waals surface area contributed by atoms with Gasteiger partial charge in [-0.15, -0.1) is 10.2 Å². The first-order valence-corrected chi connectivity index (χ1v) is 8.10. The number of likely N-dealkylation sites (tertiary alicyclic amines) is 1. The molecular weight excluding hydrogens is 266 g/mol. The van der Waals surface area contributed by atoms with E-state index in [-0.39, 0.29) is 6.03 Å². The predicted octanol–water partition coefficient (Wildman–Crippen LogP) is 1.72. The maximum atomic E-state index is 12.4. The van der Waals surface area contributed by atoms with Gasteiger partial charge in [-0.05, 0) is 31.6 Å². The van der Waals surface area contributed by atoms with E-state index in [9.17, 15) is 4.79 Å². The molecule has 2 fully saturated rings. The summed E-state index contributed by atoms with van der Waals surface area (Å²) in [4.78, 5) is 14.3. The number of carbonyl (C=O) groups is 1. The Balaban J connectivity index is 1.52. The zero-order chi connectivity index (χ0) is 14.7. The maximum absolute atomic E-state index is 12.4. The molecule has 1 aromatic heterocycles. The third-order valence-corrected chi connectivity index (χ3v) is 4.77. The van der Waals surface area contributed by atoms with Gasteiger partial charge in [-0.2, -0.15) is 0 Å². The molecule has 0 aromatic carbocycles. The van der Waals surface area contributed by atoms with Gasteiger partial charge in [0, 0.05) is 32.6 Å². The number of piperidine rings is 1. The lowest BCUT2D eigenvalue weighted by molar-refractivity contribution is 0.161. The van der Waals surface area contributed by atoms with Crippen LogP contribution in [0.2, 0.25) is 0 Å². The molecule has 1 saturated heterocycles. The van der Waals surface area contributed by atoms with Gasteiger partial charge in [0.1, 0.15) is 12.2 Å². The van der Waals surface area contributed by atoms with Crippen LogP contribution < -0.4 is 5.32 Å². The van der Waals surface area contributed by atoms with Gasteiger partial charge >= 0.3 is 6.03 Å². The van der Waals surface area contributed by atoms with Crippen molar-refractivity contribution >= 4 is 6.03 Å². The molecule has 0 radical (unpaired) electrons. The minimum absolute atomic E-state index is 0.129. The van der Waals surface area contributed by atoms with Gasteiger partial charge in [-0.1, -0.05) is 12.8 Å². The monoisotopic (exact) mass is 291 g/mol. The van der Waals surface area contributed by atoms with Gasteiger partial charge in [0.25, 0.3) is 0 Å². The molecule has 1 aromatic rings. The Hall–Kier alpha value is -1.59. The van der Waals surface area contributed by atoms with Crippen molar-refractivity contribution in [2.75, 3.05) is 13.1 Å². The summed E-state index contributed by atoms with van der Waals surface area (Å²) in [5.74, 6) is 1.51. The standard InChI is InChI=1S/C15H25N5O/c1-19-11-16-18-14(19)9-12-5-4-8-20(10-12)15(21)17-13-6-2-3-7-13/h11-13H,2-10H2,1H3,(H,17,21). The van der Waals surface area contributed by atoms with Crippen LogP contribution in [0.4, 0.5) is 4.79 Å². The molecule has 0 bridgehead atoms. The van der Waals surface area contributed by atoms with Crippen molar-refractivity contribution in [2.24, 2.45) is 13.0 Å². The Kier molecular flexibility index (Phi) is 4.41. The molecule has 6 nitrogen and oxygen atoms in total. The van der Waals surface area contributed by atoms with Gasteiger partial charge < -0.3 is 14.8 Å². The van der Waals surface area contributed by atoms with Crippen LogP contribution in [0.3, 0.4) is 0 Å². The second-order valence-electron chi connectivity index (χ2n) is 6.45. The molecule has 3 rings (SSSR count). The number of rotatable bonds is 3. The summed E-state index contributed by atoms with van der Waals surface area (Å²) < 4.78 is 1.97. The number of urea groups is 1. The quantitative estimate of drug-likeness (QED) is 0.922. The van der Waals surface area contributed by atoms with Gasteiger partial charge in [0.15, 0.2) is 0 Å². The van der Waals surface area contributed by atoms with Crippen molar-refractivity contribution in [3.8, 4) is 0 Å². The van der Waals surface area contributed by atoms with E-state index >= 15 is 0 Å². The highest BCUT2D eigenvalue weighted by atomic mass is 16.2. The Bertz CT molecular complexity index is 480. The fourth-order valence-corrected chi connectivity index (χ4v) is 3.50. The summed E-state index contributed by atoms with van der Waals surface area (Å²) in [6, 6.07) is 0.529. The van der Waals surface area contributed by atoms with Crippen molar-refractivity contribution in [3.05, 3.63) is 12.2 Å². The molecule has 1 saturated carbocycles. The zero-order valence-electron chi connectivity index (χ0n) is 12.8. The molecular formula is C15H25N5O. The summed E-state index contributed by atoms with van der Waals surface area (Å²) in [6.07, 6.45) is 9.68. The third-order valence-electron chi connectivity index (χ3n) is 4.77. The van der Waals surface area contributed by atoms with Gasteiger partial charge in [0.05, 0.1) is 0 Å². The van der Waals surface area contributed by atoms with Crippen LogP contribution in [-0.4, -0.2) is 44.8 Å². The van der Waals surface area contributed by atoms with Gasteiger partial charge in [-0.25, -0.2) is 4.79 Å². The number of amides is 2. The maximum Gasteiger partial charge on any atom is 0.317 e. The first-order valence-electron chi connectivity index (χ1n) is 8.10. The van der Waals surface area contributed by atoms with E-state index in [4.69, 9.17) is 0 Å². The predicted molar refractivity (Wildman–Crippen MR) is 79.8 cm³/mol. The van der Waals surface area contributed by atoms with E-state index in [1.807, 2.05) is 16.5 Å². The van der Waals surface area contributed by atoms with Crippen LogP contribution in [0.15, 0.2) is 6.33 Å². The molecule has 0 spiro atoms. The van der Waals surface area contributed by atoms with E-state index in [0.717, 1.165) is 44.6 Å². The van der Waals surface area contributed by atoms with E-state index in [1.54, 1.807) is 6.33 Å².